The van der Waals surface area contributed by atoms with Crippen LogP contribution in [0, 0.1) is 29.1 Å². The second-order valence-corrected chi connectivity index (χ2v) is 9.70. The third-order valence-corrected chi connectivity index (χ3v) is 7.91. The molecule has 32 heavy (non-hydrogen) atoms. The Morgan fingerprint density at radius 2 is 1.62 bits per heavy atom. The van der Waals surface area contributed by atoms with Crippen molar-refractivity contribution in [1.29, 1.82) is 5.26 Å². The Kier molecular flexibility index (Phi) is 4.85. The first-order valence-corrected chi connectivity index (χ1v) is 11.2. The number of ether oxygens (including phenoxy) is 3. The molecule has 0 atom stereocenters. The lowest BCUT2D eigenvalue weighted by Crippen LogP contribution is -2.49. The Hall–Kier alpha value is -3.14. The number of carbonyl (C=O) groups excluding carboxylic acids is 1. The predicted octanol–water partition coefficient (Wildman–Crippen LogP) is 4.20. The molecule has 4 fully saturated rings. The summed E-state index contributed by atoms with van der Waals surface area (Å²) in [6, 6.07) is 6.08. The quantitative estimate of drug-likeness (QED) is 0.707. The topological polar surface area (TPSA) is 99.5 Å². The van der Waals surface area contributed by atoms with Crippen LogP contribution in [0.1, 0.15) is 60.1 Å². The zero-order valence-electron chi connectivity index (χ0n) is 18.8. The van der Waals surface area contributed by atoms with Gasteiger partial charge in [0, 0.05) is 12.3 Å². The third kappa shape index (κ3) is 2.96. The van der Waals surface area contributed by atoms with E-state index in [1.54, 1.807) is 25.0 Å². The minimum atomic E-state index is -0.574. The van der Waals surface area contributed by atoms with Gasteiger partial charge >= 0.3 is 5.97 Å². The molecule has 4 bridgehead atoms. The second-order valence-electron chi connectivity index (χ2n) is 9.70. The molecule has 0 spiro atoms. The second kappa shape index (κ2) is 7.47. The number of rotatable bonds is 5. The summed E-state index contributed by atoms with van der Waals surface area (Å²) in [6.07, 6.45) is 9.01. The van der Waals surface area contributed by atoms with E-state index in [0.717, 1.165) is 48.3 Å². The number of methoxy groups -OCH3 is 3. The summed E-state index contributed by atoms with van der Waals surface area (Å²) in [7, 11) is 4.56. The molecule has 4 aliphatic rings. The number of nitrogens with two attached hydrogens (primary N) is 1. The molecule has 0 aliphatic heterocycles. The van der Waals surface area contributed by atoms with Crippen LogP contribution < -0.4 is 15.2 Å². The number of aromatic nitrogens is 1. The van der Waals surface area contributed by atoms with E-state index in [1.807, 2.05) is 6.07 Å². The predicted molar refractivity (Wildman–Crippen MR) is 119 cm³/mol. The van der Waals surface area contributed by atoms with Crippen LogP contribution in [0.3, 0.4) is 0 Å². The molecule has 0 radical (unpaired) electrons. The number of benzene rings is 1. The molecule has 7 nitrogen and oxygen atoms in total. The maximum atomic E-state index is 12.7. The van der Waals surface area contributed by atoms with Gasteiger partial charge in [0.05, 0.1) is 38.3 Å². The van der Waals surface area contributed by atoms with Crippen molar-refractivity contribution < 1.29 is 19.0 Å². The van der Waals surface area contributed by atoms with Crippen molar-refractivity contribution in [3.63, 3.8) is 0 Å². The molecule has 6 rings (SSSR count). The van der Waals surface area contributed by atoms with E-state index in [1.165, 1.54) is 26.4 Å². The van der Waals surface area contributed by atoms with Gasteiger partial charge in [-0.3, -0.25) is 0 Å². The van der Waals surface area contributed by atoms with Gasteiger partial charge < -0.3 is 24.5 Å². The summed E-state index contributed by atoms with van der Waals surface area (Å²) >= 11 is 0. The number of anilines is 1. The first kappa shape index (κ1) is 20.7. The smallest absolute Gasteiger partial charge is 0.357 e. The van der Waals surface area contributed by atoms with Gasteiger partial charge in [0.25, 0.3) is 0 Å². The minimum absolute atomic E-state index is 0.0167. The van der Waals surface area contributed by atoms with Crippen LogP contribution in [0.5, 0.6) is 11.5 Å². The Balaban J connectivity index is 1.77. The Bertz CT molecular complexity index is 1090. The van der Waals surface area contributed by atoms with Crippen molar-refractivity contribution in [3.05, 3.63) is 35.2 Å². The maximum Gasteiger partial charge on any atom is 0.357 e. The zero-order chi connectivity index (χ0) is 22.6. The van der Waals surface area contributed by atoms with Crippen molar-refractivity contribution in [2.45, 2.75) is 43.9 Å². The van der Waals surface area contributed by atoms with Gasteiger partial charge in [0.2, 0.25) is 0 Å². The summed E-state index contributed by atoms with van der Waals surface area (Å²) in [5.41, 5.74) is 8.72. The lowest BCUT2D eigenvalue weighted by atomic mass is 9.48. The van der Waals surface area contributed by atoms with Crippen LogP contribution in [0.4, 0.5) is 5.69 Å². The summed E-state index contributed by atoms with van der Waals surface area (Å²) < 4.78 is 18.0. The lowest BCUT2D eigenvalue weighted by molar-refractivity contribution is -0.00531. The molecule has 1 heterocycles. The number of carbonyl (C=O) groups is 1. The van der Waals surface area contributed by atoms with Crippen LogP contribution in [-0.4, -0.2) is 31.9 Å². The van der Waals surface area contributed by atoms with Crippen molar-refractivity contribution >= 4 is 11.7 Å². The molecule has 7 heteroatoms. The van der Waals surface area contributed by atoms with Crippen LogP contribution >= 0.6 is 0 Å². The van der Waals surface area contributed by atoms with Crippen LogP contribution in [0.25, 0.3) is 5.69 Å². The van der Waals surface area contributed by atoms with E-state index in [0.29, 0.717) is 11.5 Å². The maximum absolute atomic E-state index is 12.7. The Morgan fingerprint density at radius 1 is 1.06 bits per heavy atom. The molecule has 1 aromatic heterocycles. The number of nitrogen functional groups attached to an aromatic ring is 1. The highest BCUT2D eigenvalue weighted by molar-refractivity contribution is 5.96. The summed E-state index contributed by atoms with van der Waals surface area (Å²) in [5.74, 6) is 2.89. The van der Waals surface area contributed by atoms with Crippen molar-refractivity contribution in [1.82, 2.24) is 4.57 Å². The number of nitriles is 1. The molecule has 2 N–H and O–H groups in total. The third-order valence-electron chi connectivity index (χ3n) is 7.91. The van der Waals surface area contributed by atoms with Crippen LogP contribution in [-0.2, 0) is 10.2 Å². The fraction of sp³-hybridized carbons (Fsp3) is 0.520. The van der Waals surface area contributed by atoms with E-state index >= 15 is 0 Å². The van der Waals surface area contributed by atoms with Crippen molar-refractivity contribution in [2.24, 2.45) is 17.8 Å². The van der Waals surface area contributed by atoms with E-state index in [2.05, 4.69) is 12.1 Å². The molecular formula is C25H29N3O4. The number of hydrogen-bond donors (Lipinski definition) is 1. The minimum Gasteiger partial charge on any atom is -0.493 e. The summed E-state index contributed by atoms with van der Waals surface area (Å²) in [4.78, 5) is 12.7. The Morgan fingerprint density at radius 3 is 2.12 bits per heavy atom. The average molecular weight is 436 g/mol. The standard InChI is InChI=1S/C25H29N3O4/c1-30-20-7-18(25-9-14-4-15(10-25)6-16(5-14)11-25)19(8-21(20)31-2)28-13-17(12-26)22(27)23(28)24(29)32-3/h7-8,13-16H,4-6,9-11,27H2,1-3H3. The van der Waals surface area contributed by atoms with Crippen LogP contribution in [0.15, 0.2) is 18.3 Å². The van der Waals surface area contributed by atoms with Crippen LogP contribution in [0.2, 0.25) is 0 Å². The molecule has 0 amide bonds. The first-order chi connectivity index (χ1) is 15.4. The molecule has 1 aromatic carbocycles. The highest BCUT2D eigenvalue weighted by Crippen LogP contribution is 2.62. The van der Waals surface area contributed by atoms with Gasteiger partial charge in [-0.2, -0.15) is 5.26 Å². The largest absolute Gasteiger partial charge is 0.493 e. The van der Waals surface area contributed by atoms with Gasteiger partial charge in [-0.05, 0) is 73.3 Å². The fourth-order valence-electron chi connectivity index (χ4n) is 7.04. The van der Waals surface area contributed by atoms with Gasteiger partial charge in [-0.15, -0.1) is 0 Å². The Labute approximate surface area is 188 Å². The normalized spacial score (nSPS) is 27.8. The van der Waals surface area contributed by atoms with E-state index in [-0.39, 0.29) is 22.4 Å². The number of hydrogen-bond acceptors (Lipinski definition) is 6. The van der Waals surface area contributed by atoms with Gasteiger partial charge in [0.15, 0.2) is 17.2 Å². The highest BCUT2D eigenvalue weighted by atomic mass is 16.5. The van der Waals surface area contributed by atoms with Gasteiger partial charge in [-0.25, -0.2) is 4.79 Å². The molecule has 0 saturated heterocycles. The lowest BCUT2D eigenvalue weighted by Gasteiger charge is -2.57. The molecule has 4 aliphatic carbocycles. The fourth-order valence-corrected chi connectivity index (χ4v) is 7.04. The highest BCUT2D eigenvalue weighted by Gasteiger charge is 2.52. The molecular weight excluding hydrogens is 406 g/mol. The van der Waals surface area contributed by atoms with E-state index < -0.39 is 5.97 Å². The number of esters is 1. The van der Waals surface area contributed by atoms with E-state index in [9.17, 15) is 10.1 Å². The van der Waals surface area contributed by atoms with Gasteiger partial charge in [0.1, 0.15) is 6.07 Å². The molecule has 0 unspecified atom stereocenters. The average Bonchev–Trinajstić information content (AvgIpc) is 3.12. The monoisotopic (exact) mass is 435 g/mol. The van der Waals surface area contributed by atoms with E-state index in [4.69, 9.17) is 19.9 Å². The van der Waals surface area contributed by atoms with Crippen molar-refractivity contribution in [2.75, 3.05) is 27.1 Å². The molecule has 2 aromatic rings. The zero-order valence-corrected chi connectivity index (χ0v) is 18.8. The van der Waals surface area contributed by atoms with Gasteiger partial charge in [-0.1, -0.05) is 0 Å². The molecule has 168 valence electrons. The summed E-state index contributed by atoms with van der Waals surface area (Å²) in [5, 5.41) is 9.60. The molecule has 4 saturated carbocycles. The number of nitrogens with zero attached hydrogens (tertiary/aromatic N) is 2. The SMILES string of the molecule is COC(=O)c1c(N)c(C#N)cn1-c1cc(OC)c(OC)cc1C12CC3CC(CC(C3)C1)C2. The first-order valence-electron chi connectivity index (χ1n) is 11.2. The summed E-state index contributed by atoms with van der Waals surface area (Å²) in [6.45, 7) is 0. The van der Waals surface area contributed by atoms with Crippen molar-refractivity contribution in [3.8, 4) is 23.3 Å².